The van der Waals surface area contributed by atoms with Crippen molar-refractivity contribution >= 4 is 17.5 Å². The number of nitrogens with one attached hydrogen (secondary N) is 1. The maximum atomic E-state index is 13.4. The quantitative estimate of drug-likeness (QED) is 0.362. The van der Waals surface area contributed by atoms with Crippen LogP contribution in [-0.2, 0) is 13.0 Å². The Kier molecular flexibility index (Phi) is 8.97. The van der Waals surface area contributed by atoms with Gasteiger partial charge in [-0.05, 0) is 56.6 Å². The number of amides is 1. The molecule has 0 bridgehead atoms. The van der Waals surface area contributed by atoms with E-state index in [-0.39, 0.29) is 40.8 Å². The largest absolute Gasteiger partial charge is 0.432 e. The zero-order chi connectivity index (χ0) is 28.5. The molecule has 212 valence electrons. The number of hydrogen-bond donors (Lipinski definition) is 2. The van der Waals surface area contributed by atoms with Crippen molar-refractivity contribution in [3.63, 3.8) is 0 Å². The van der Waals surface area contributed by atoms with Crippen LogP contribution in [0.4, 0.5) is 22.0 Å². The fourth-order valence-electron chi connectivity index (χ4n) is 4.40. The number of rotatable bonds is 9. The molecule has 2 heterocycles. The van der Waals surface area contributed by atoms with Crippen molar-refractivity contribution in [1.82, 2.24) is 20.1 Å². The van der Waals surface area contributed by atoms with Crippen molar-refractivity contribution in [2.75, 3.05) is 6.54 Å². The average Bonchev–Trinajstić information content (AvgIpc) is 3.15. The summed E-state index contributed by atoms with van der Waals surface area (Å²) in [7, 11) is 0. The molecule has 2 aromatic heterocycles. The molecule has 1 amide bonds. The van der Waals surface area contributed by atoms with Crippen molar-refractivity contribution in [2.45, 2.75) is 84.7 Å². The lowest BCUT2D eigenvalue weighted by molar-refractivity contribution is -0.211. The van der Waals surface area contributed by atoms with Crippen LogP contribution in [0, 0.1) is 11.3 Å². The van der Waals surface area contributed by atoms with Crippen LogP contribution in [0.1, 0.15) is 69.4 Å². The second-order valence-electron chi connectivity index (χ2n) is 10.5. The molecule has 1 saturated carbocycles. The monoisotopic (exact) mass is 566 g/mol. The number of ether oxygens (including phenoxy) is 1. The number of carbonyl (C=O) groups is 1. The number of aliphatic hydroxyl groups is 1. The van der Waals surface area contributed by atoms with E-state index in [0.29, 0.717) is 18.8 Å². The highest BCUT2D eigenvalue weighted by molar-refractivity contribution is 6.36. The zero-order valence-corrected chi connectivity index (χ0v) is 22.4. The molecular formula is C25H32ClF5N4O3. The molecular weight excluding hydrogens is 535 g/mol. The first-order valence-electron chi connectivity index (χ1n) is 12.3. The second-order valence-corrected chi connectivity index (χ2v) is 10.9. The van der Waals surface area contributed by atoms with Gasteiger partial charge in [-0.3, -0.25) is 14.5 Å². The predicted octanol–water partition coefficient (Wildman–Crippen LogP) is 6.02. The fraction of sp³-hybridized carbons (Fsp3) is 0.640. The van der Waals surface area contributed by atoms with Gasteiger partial charge in [-0.15, -0.1) is 0 Å². The first-order valence-corrected chi connectivity index (χ1v) is 12.7. The number of aryl methyl sites for hydroxylation is 1. The normalized spacial score (nSPS) is 20.6. The van der Waals surface area contributed by atoms with E-state index in [1.807, 2.05) is 0 Å². The second kappa shape index (κ2) is 11.3. The Morgan fingerprint density at radius 1 is 1.32 bits per heavy atom. The number of alkyl halides is 5. The molecule has 0 unspecified atom stereocenters. The van der Waals surface area contributed by atoms with Crippen LogP contribution in [0.25, 0.3) is 11.4 Å². The summed E-state index contributed by atoms with van der Waals surface area (Å²) in [5.41, 5.74) is -3.57. The van der Waals surface area contributed by atoms with Crippen molar-refractivity contribution < 1.29 is 36.6 Å². The van der Waals surface area contributed by atoms with Gasteiger partial charge < -0.3 is 15.2 Å². The summed E-state index contributed by atoms with van der Waals surface area (Å²) in [6.45, 7) is 2.63. The lowest BCUT2D eigenvalue weighted by Crippen LogP contribution is -2.45. The first kappa shape index (κ1) is 30.1. The third kappa shape index (κ3) is 6.74. The molecule has 2 aromatic rings. The van der Waals surface area contributed by atoms with Gasteiger partial charge in [-0.2, -0.15) is 27.1 Å². The highest BCUT2D eigenvalue weighted by atomic mass is 35.5. The van der Waals surface area contributed by atoms with E-state index in [2.05, 4.69) is 27.1 Å². The number of carbonyl (C=O) groups excluding carboxylic acids is 1. The maximum absolute atomic E-state index is 13.4. The Morgan fingerprint density at radius 2 is 1.95 bits per heavy atom. The van der Waals surface area contributed by atoms with Gasteiger partial charge in [-0.25, -0.2) is 0 Å². The van der Waals surface area contributed by atoms with Gasteiger partial charge in [0.05, 0.1) is 11.0 Å². The fourth-order valence-corrected chi connectivity index (χ4v) is 4.71. The number of hydrogen-bond acceptors (Lipinski definition) is 5. The van der Waals surface area contributed by atoms with Gasteiger partial charge >= 0.3 is 12.8 Å². The minimum atomic E-state index is -4.54. The van der Waals surface area contributed by atoms with Crippen LogP contribution in [0.2, 0.25) is 5.02 Å². The van der Waals surface area contributed by atoms with Crippen molar-refractivity contribution in [1.29, 1.82) is 0 Å². The minimum absolute atomic E-state index is 0.00167. The molecule has 0 atom stereocenters. The molecule has 0 spiro atoms. The summed E-state index contributed by atoms with van der Waals surface area (Å²) in [6.07, 6.45) is -1.21. The molecule has 7 nitrogen and oxygen atoms in total. The average molecular weight is 567 g/mol. The van der Waals surface area contributed by atoms with Crippen LogP contribution in [0.15, 0.2) is 12.3 Å². The van der Waals surface area contributed by atoms with E-state index in [1.54, 1.807) is 6.92 Å². The van der Waals surface area contributed by atoms with Gasteiger partial charge in [0.2, 0.25) is 0 Å². The van der Waals surface area contributed by atoms with E-state index in [0.717, 1.165) is 39.0 Å². The lowest BCUT2D eigenvalue weighted by atomic mass is 9.79. The molecule has 1 aliphatic carbocycles. The third-order valence-electron chi connectivity index (χ3n) is 6.96. The molecule has 13 heteroatoms. The number of halogens is 6. The van der Waals surface area contributed by atoms with Crippen molar-refractivity contribution in [3.8, 4) is 17.1 Å². The Balaban J connectivity index is 1.93. The van der Waals surface area contributed by atoms with Crippen molar-refractivity contribution in [3.05, 3.63) is 28.5 Å². The molecule has 1 aliphatic rings. The molecule has 3 rings (SSSR count). The predicted molar refractivity (Wildman–Crippen MR) is 131 cm³/mol. The van der Waals surface area contributed by atoms with Gasteiger partial charge in [0.15, 0.2) is 11.4 Å². The summed E-state index contributed by atoms with van der Waals surface area (Å²) in [4.78, 5) is 17.0. The molecule has 0 saturated heterocycles. The SMILES string of the molecule is CCn1nc(C(=O)NCC2(O)CCC(C)CC2)c(Cl)c1-c1ncc(CC(C)(C)C(F)(F)F)cc1OC(F)F. The van der Waals surface area contributed by atoms with Gasteiger partial charge in [0, 0.05) is 19.3 Å². The molecule has 2 N–H and O–H groups in total. The molecule has 1 fully saturated rings. The Morgan fingerprint density at radius 3 is 2.50 bits per heavy atom. The first-order chi connectivity index (χ1) is 17.6. The molecule has 38 heavy (non-hydrogen) atoms. The van der Waals surface area contributed by atoms with Gasteiger partial charge in [0.1, 0.15) is 16.4 Å². The number of nitrogens with zero attached hydrogens (tertiary/aromatic N) is 3. The summed E-state index contributed by atoms with van der Waals surface area (Å²) in [5.74, 6) is -0.675. The molecule has 0 aliphatic heterocycles. The van der Waals surface area contributed by atoms with E-state index >= 15 is 0 Å². The Hall–Kier alpha value is -2.47. The topological polar surface area (TPSA) is 89.3 Å². The summed E-state index contributed by atoms with van der Waals surface area (Å²) < 4.78 is 72.5. The van der Waals surface area contributed by atoms with E-state index in [9.17, 15) is 31.9 Å². The Bertz CT molecular complexity index is 1140. The van der Waals surface area contributed by atoms with Gasteiger partial charge in [0.25, 0.3) is 5.91 Å². The molecule has 0 aromatic carbocycles. The number of aromatic nitrogens is 3. The maximum Gasteiger partial charge on any atom is 0.394 e. The van der Waals surface area contributed by atoms with Crippen molar-refractivity contribution in [2.24, 2.45) is 11.3 Å². The van der Waals surface area contributed by atoms with Crippen LogP contribution in [0.5, 0.6) is 5.75 Å². The van der Waals surface area contributed by atoms with Crippen LogP contribution in [-0.4, -0.2) is 50.7 Å². The summed E-state index contributed by atoms with van der Waals surface area (Å²) >= 11 is 6.49. The zero-order valence-electron chi connectivity index (χ0n) is 21.6. The lowest BCUT2D eigenvalue weighted by Gasteiger charge is -2.34. The van der Waals surface area contributed by atoms with Crippen LogP contribution < -0.4 is 10.1 Å². The van der Waals surface area contributed by atoms with Crippen LogP contribution >= 0.6 is 11.6 Å². The van der Waals surface area contributed by atoms with E-state index in [1.165, 1.54) is 4.68 Å². The van der Waals surface area contributed by atoms with Gasteiger partial charge in [-0.1, -0.05) is 32.4 Å². The minimum Gasteiger partial charge on any atom is -0.432 e. The van der Waals surface area contributed by atoms with E-state index in [4.69, 9.17) is 11.6 Å². The number of pyridine rings is 1. The highest BCUT2D eigenvalue weighted by Gasteiger charge is 2.47. The Labute approximate surface area is 222 Å². The van der Waals surface area contributed by atoms with E-state index < -0.39 is 41.9 Å². The summed E-state index contributed by atoms with van der Waals surface area (Å²) in [5, 5.41) is 17.4. The third-order valence-corrected chi connectivity index (χ3v) is 7.31. The highest BCUT2D eigenvalue weighted by Crippen LogP contribution is 2.42. The smallest absolute Gasteiger partial charge is 0.394 e. The standard InChI is InChI=1S/C25H32ClF5N4O3/c1-5-35-20(17(26)19(34-35)21(36)33-13-24(37)8-6-14(2)7-9-24)18-16(38-22(27)28)10-15(12-32-18)11-23(3,4)25(29,30)31/h10,12,14,22,37H,5-9,11,13H2,1-4H3,(H,33,36). The van der Waals surface area contributed by atoms with Crippen LogP contribution in [0.3, 0.4) is 0 Å². The summed E-state index contributed by atoms with van der Waals surface area (Å²) in [6, 6.07) is 1.06. The molecule has 0 radical (unpaired) electrons.